The molecule has 3 nitrogen and oxygen atoms in total. The molecule has 0 atom stereocenters. The third-order valence-corrected chi connectivity index (χ3v) is 3.68. The maximum absolute atomic E-state index is 10.4. The first-order chi connectivity index (χ1) is 7.77. The Morgan fingerprint density at radius 2 is 1.94 bits per heavy atom. The van der Waals surface area contributed by atoms with Gasteiger partial charge < -0.3 is 4.90 Å². The van der Waals surface area contributed by atoms with Gasteiger partial charge in [0.25, 0.3) is 0 Å². The third kappa shape index (κ3) is 4.65. The normalized spacial score (nSPS) is 13.6. The summed E-state index contributed by atoms with van der Waals surface area (Å²) >= 11 is 0. The van der Waals surface area contributed by atoms with E-state index in [1.165, 1.54) is 11.3 Å². The van der Waals surface area contributed by atoms with Crippen LogP contribution in [0.5, 0.6) is 0 Å². The number of unbranched alkanes of at least 4 members (excludes halogenated alkanes) is 1. The summed E-state index contributed by atoms with van der Waals surface area (Å²) in [6.45, 7) is 2.04. The van der Waals surface area contributed by atoms with Gasteiger partial charge in [0.1, 0.15) is 10.7 Å². The summed E-state index contributed by atoms with van der Waals surface area (Å²) in [6.07, 6.45) is 2.85. The fourth-order valence-electron chi connectivity index (χ4n) is 2.18. The van der Waals surface area contributed by atoms with Gasteiger partial charge in [-0.3, -0.25) is 0 Å². The average molecular weight is 279 g/mol. The minimum atomic E-state index is -2.20. The Morgan fingerprint density at radius 1 is 1.18 bits per heavy atom. The molecule has 5 heteroatoms. The average Bonchev–Trinajstić information content (AvgIpc) is 2.68. The van der Waals surface area contributed by atoms with E-state index in [0.717, 1.165) is 32.4 Å². The predicted octanol–water partition coefficient (Wildman–Crippen LogP) is 0.792. The van der Waals surface area contributed by atoms with Crippen molar-refractivity contribution in [2.45, 2.75) is 19.3 Å². The van der Waals surface area contributed by atoms with Crippen molar-refractivity contribution in [3.8, 4) is 0 Å². The second kappa shape index (κ2) is 7.91. The van der Waals surface area contributed by atoms with E-state index in [4.69, 9.17) is 0 Å². The number of anilines is 1. The summed E-state index contributed by atoms with van der Waals surface area (Å²) in [5.41, 5.74) is 2.74. The van der Waals surface area contributed by atoms with E-state index in [9.17, 15) is 8.42 Å². The molecule has 1 aliphatic rings. The zero-order chi connectivity index (χ0) is 11.4. The van der Waals surface area contributed by atoms with Crippen LogP contribution in [-0.2, 0) is 17.1 Å². The molecule has 0 saturated carbocycles. The molecule has 0 radical (unpaired) electrons. The molecule has 0 aromatic heterocycles. The second-order valence-electron chi connectivity index (χ2n) is 4.13. The first kappa shape index (κ1) is 15.7. The van der Waals surface area contributed by atoms with Gasteiger partial charge in [-0.2, -0.15) is 0 Å². The van der Waals surface area contributed by atoms with Gasteiger partial charge in [-0.05, 0) is 30.9 Å². The van der Waals surface area contributed by atoms with Crippen LogP contribution in [0.3, 0.4) is 0 Å². The van der Waals surface area contributed by atoms with Crippen molar-refractivity contribution in [2.24, 2.45) is 0 Å². The van der Waals surface area contributed by atoms with Crippen LogP contribution in [0, 0.1) is 0 Å². The summed E-state index contributed by atoms with van der Waals surface area (Å²) in [5, 5.41) is 0. The Morgan fingerprint density at radius 3 is 2.71 bits per heavy atom. The summed E-state index contributed by atoms with van der Waals surface area (Å²) < 4.78 is 20.8. The maximum atomic E-state index is 10.4. The van der Waals surface area contributed by atoms with Crippen LogP contribution in [0.25, 0.3) is 0 Å². The van der Waals surface area contributed by atoms with Crippen molar-refractivity contribution in [1.82, 2.24) is 0 Å². The van der Waals surface area contributed by atoms with Crippen molar-refractivity contribution in [3.63, 3.8) is 0 Å². The molecule has 0 aliphatic carbocycles. The third-order valence-electron chi connectivity index (χ3n) is 3.00. The molecular formula is C12H18KNO2S. The fourth-order valence-corrected chi connectivity index (χ4v) is 2.66. The van der Waals surface area contributed by atoms with E-state index < -0.39 is 10.7 Å². The fraction of sp³-hybridized carbons (Fsp3) is 0.500. The molecule has 90 valence electrons. The Bertz CT molecular complexity index is 426. The van der Waals surface area contributed by atoms with Crippen molar-refractivity contribution < 1.29 is 8.42 Å². The summed E-state index contributed by atoms with van der Waals surface area (Å²) in [5.74, 6) is 0.324. The number of benzene rings is 1. The molecule has 1 aromatic rings. The number of thiol groups is 1. The number of rotatable bonds is 5. The topological polar surface area (TPSA) is 37.4 Å². The molecule has 0 unspecified atom stereocenters. The van der Waals surface area contributed by atoms with Crippen LogP contribution < -0.4 is 4.90 Å². The summed E-state index contributed by atoms with van der Waals surface area (Å²) in [6, 6.07) is 8.45. The quantitative estimate of drug-likeness (QED) is 0.492. The van der Waals surface area contributed by atoms with Gasteiger partial charge in [0.05, 0.1) is 0 Å². The Hall–Kier alpha value is 0.606. The van der Waals surface area contributed by atoms with Gasteiger partial charge in [-0.15, -0.1) is 0 Å². The molecule has 0 bridgehead atoms. The molecular weight excluding hydrogens is 261 g/mol. The standard InChI is InChI=1S/C12H17NO2S.K.H/c14-16(15)10-4-3-8-13-9-7-11-5-1-2-6-12(11)13;;/h1-2,5-6,16H,3-4,7-10H2;;. The Kier molecular flexibility index (Phi) is 7.29. The predicted molar refractivity (Wildman–Crippen MR) is 73.9 cm³/mol. The van der Waals surface area contributed by atoms with E-state index in [1.54, 1.807) is 0 Å². The SMILES string of the molecule is O=[SH](=O)CCCCN1CCc2ccccc21.[KH]. The Balaban J connectivity index is 0.00000144. The van der Waals surface area contributed by atoms with E-state index in [-0.39, 0.29) is 51.4 Å². The summed E-state index contributed by atoms with van der Waals surface area (Å²) in [7, 11) is -2.20. The van der Waals surface area contributed by atoms with Crippen LogP contribution in [0.2, 0.25) is 0 Å². The zero-order valence-corrected chi connectivity index (χ0v) is 10.2. The first-order valence-corrected chi connectivity index (χ1v) is 7.08. The van der Waals surface area contributed by atoms with Crippen molar-refractivity contribution >= 4 is 67.8 Å². The van der Waals surface area contributed by atoms with Crippen molar-refractivity contribution in [1.29, 1.82) is 0 Å². The number of fused-ring (bicyclic) bond motifs is 1. The molecule has 0 saturated heterocycles. The molecule has 0 N–H and O–H groups in total. The number of hydrogen-bond donors (Lipinski definition) is 1. The molecule has 0 fully saturated rings. The van der Waals surface area contributed by atoms with E-state index in [1.807, 2.05) is 0 Å². The number of hydrogen-bond acceptors (Lipinski definition) is 3. The molecule has 0 amide bonds. The molecule has 1 aliphatic heterocycles. The van der Waals surface area contributed by atoms with Gasteiger partial charge in [-0.25, -0.2) is 8.42 Å². The van der Waals surface area contributed by atoms with Crippen LogP contribution in [0.1, 0.15) is 18.4 Å². The second-order valence-corrected chi connectivity index (χ2v) is 5.24. The van der Waals surface area contributed by atoms with Crippen LogP contribution in [0.4, 0.5) is 5.69 Å². The van der Waals surface area contributed by atoms with Crippen LogP contribution in [0.15, 0.2) is 24.3 Å². The number of nitrogens with zero attached hydrogens (tertiary/aromatic N) is 1. The minimum absolute atomic E-state index is 0. The van der Waals surface area contributed by atoms with Gasteiger partial charge in [0.15, 0.2) is 0 Å². The van der Waals surface area contributed by atoms with Crippen molar-refractivity contribution in [2.75, 3.05) is 23.7 Å². The molecule has 1 heterocycles. The van der Waals surface area contributed by atoms with Crippen LogP contribution >= 0.6 is 0 Å². The van der Waals surface area contributed by atoms with Gasteiger partial charge in [0, 0.05) is 24.5 Å². The monoisotopic (exact) mass is 279 g/mol. The van der Waals surface area contributed by atoms with E-state index in [2.05, 4.69) is 29.2 Å². The first-order valence-electron chi connectivity index (χ1n) is 5.72. The summed E-state index contributed by atoms with van der Waals surface area (Å²) in [4.78, 5) is 2.35. The molecule has 17 heavy (non-hydrogen) atoms. The van der Waals surface area contributed by atoms with Crippen LogP contribution in [-0.4, -0.2) is 78.6 Å². The molecule has 2 rings (SSSR count). The van der Waals surface area contributed by atoms with E-state index in [0.29, 0.717) is 5.75 Å². The van der Waals surface area contributed by atoms with Crippen molar-refractivity contribution in [3.05, 3.63) is 29.8 Å². The van der Waals surface area contributed by atoms with Gasteiger partial charge in [-0.1, -0.05) is 18.2 Å². The number of para-hydroxylation sites is 1. The molecule has 0 spiro atoms. The van der Waals surface area contributed by atoms with Gasteiger partial charge >= 0.3 is 51.4 Å². The van der Waals surface area contributed by atoms with Gasteiger partial charge in [0.2, 0.25) is 0 Å². The molecule has 1 aromatic carbocycles. The Labute approximate surface area is 147 Å². The van der Waals surface area contributed by atoms with E-state index >= 15 is 0 Å². The zero-order valence-electron chi connectivity index (χ0n) is 9.26.